The summed E-state index contributed by atoms with van der Waals surface area (Å²) in [5.41, 5.74) is 1.55. The molecule has 1 saturated heterocycles. The van der Waals surface area contributed by atoms with Crippen LogP contribution in [-0.4, -0.2) is 35.6 Å². The van der Waals surface area contributed by atoms with Crippen molar-refractivity contribution in [1.29, 1.82) is 5.26 Å². The van der Waals surface area contributed by atoms with Crippen LogP contribution in [0.1, 0.15) is 23.9 Å². The minimum atomic E-state index is -4.66. The van der Waals surface area contributed by atoms with Gasteiger partial charge in [0, 0.05) is 18.7 Å². The Morgan fingerprint density at radius 2 is 2.00 bits per heavy atom. The molecule has 3 heterocycles. The van der Waals surface area contributed by atoms with E-state index in [2.05, 4.69) is 21.3 Å². The number of para-hydroxylation sites is 2. The van der Waals surface area contributed by atoms with Gasteiger partial charge in [-0.2, -0.15) is 18.4 Å². The Morgan fingerprint density at radius 3 is 2.77 bits per heavy atom. The summed E-state index contributed by atoms with van der Waals surface area (Å²) >= 11 is 0. The number of rotatable bonds is 3. The van der Waals surface area contributed by atoms with E-state index in [0.29, 0.717) is 18.8 Å². The number of ether oxygens (including phenoxy) is 1. The van der Waals surface area contributed by atoms with Crippen molar-refractivity contribution < 1.29 is 22.3 Å². The molecule has 1 N–H and O–H groups in total. The molecule has 1 fully saturated rings. The van der Waals surface area contributed by atoms with E-state index in [0.717, 1.165) is 24.3 Å². The fourth-order valence-corrected chi connectivity index (χ4v) is 4.38. The Kier molecular flexibility index (Phi) is 4.74. The molecule has 6 nitrogen and oxygen atoms in total. The number of anilines is 1. The molecular weight excluding hydrogens is 409 g/mol. The first-order chi connectivity index (χ1) is 14.9. The second-order valence-corrected chi connectivity index (χ2v) is 7.82. The minimum absolute atomic E-state index is 0.0372. The van der Waals surface area contributed by atoms with Crippen LogP contribution >= 0.6 is 0 Å². The summed E-state index contributed by atoms with van der Waals surface area (Å²) in [7, 11) is 0. The summed E-state index contributed by atoms with van der Waals surface area (Å²) in [5, 5.41) is 12.7. The molecule has 2 aromatic carbocycles. The van der Waals surface area contributed by atoms with Crippen LogP contribution in [0.4, 0.5) is 18.9 Å². The molecule has 0 spiro atoms. The number of hydrogen-bond acceptors (Lipinski definition) is 6. The second kappa shape index (κ2) is 7.46. The Morgan fingerprint density at radius 1 is 1.16 bits per heavy atom. The lowest BCUT2D eigenvalue weighted by Crippen LogP contribution is -2.47. The van der Waals surface area contributed by atoms with Gasteiger partial charge in [-0.15, -0.1) is 0 Å². The summed E-state index contributed by atoms with van der Waals surface area (Å²) in [6.07, 6.45) is -3.88. The maximum atomic E-state index is 13.1. The van der Waals surface area contributed by atoms with Gasteiger partial charge >= 0.3 is 12.1 Å². The highest BCUT2D eigenvalue weighted by molar-refractivity contribution is 5.86. The number of halogens is 3. The molecule has 0 saturated carbocycles. The Balaban J connectivity index is 1.53. The van der Waals surface area contributed by atoms with E-state index < -0.39 is 12.1 Å². The van der Waals surface area contributed by atoms with Crippen molar-refractivity contribution in [3.63, 3.8) is 0 Å². The Hall–Kier alpha value is -3.25. The van der Waals surface area contributed by atoms with Crippen LogP contribution in [0.15, 0.2) is 46.9 Å². The largest absolute Gasteiger partial charge is 0.491 e. The number of nitriles is 1. The molecule has 1 aromatic heterocycles. The standard InChI is InChI=1S/C22H19F3N4O2/c23-22(24,25)21-28-16-6-3-5-15(20(16)31-21)27-19-14-4-1-2-7-18(14)30-12-17(19)29-9-8-13(10-26)11-29/h1-7,13,17,19,27H,8-9,11-12H2/t13-,17+,19+/m1/s1. The van der Waals surface area contributed by atoms with Crippen molar-refractivity contribution in [3.8, 4) is 11.8 Å². The average Bonchev–Trinajstić information content (AvgIpc) is 3.41. The zero-order valence-electron chi connectivity index (χ0n) is 16.4. The molecule has 3 atom stereocenters. The summed E-state index contributed by atoms with van der Waals surface area (Å²) in [6, 6.07) is 14.4. The number of fused-ring (bicyclic) bond motifs is 2. The lowest BCUT2D eigenvalue weighted by atomic mass is 9.94. The number of aromatic nitrogens is 1. The zero-order valence-corrected chi connectivity index (χ0v) is 16.4. The number of nitrogens with zero attached hydrogens (tertiary/aromatic N) is 3. The Labute approximate surface area is 176 Å². The predicted molar refractivity (Wildman–Crippen MR) is 106 cm³/mol. The number of alkyl halides is 3. The van der Waals surface area contributed by atoms with Crippen molar-refractivity contribution in [3.05, 3.63) is 53.9 Å². The molecule has 9 heteroatoms. The average molecular weight is 428 g/mol. The van der Waals surface area contributed by atoms with E-state index in [1.54, 1.807) is 12.1 Å². The molecule has 0 amide bonds. The first kappa shape index (κ1) is 19.7. The molecule has 0 bridgehead atoms. The van der Waals surface area contributed by atoms with Gasteiger partial charge in [-0.1, -0.05) is 24.3 Å². The summed E-state index contributed by atoms with van der Waals surface area (Å²) < 4.78 is 50.4. The van der Waals surface area contributed by atoms with Crippen LogP contribution in [0.25, 0.3) is 11.1 Å². The predicted octanol–water partition coefficient (Wildman–Crippen LogP) is 4.61. The first-order valence-corrected chi connectivity index (χ1v) is 10.0. The molecule has 3 aromatic rings. The molecule has 31 heavy (non-hydrogen) atoms. The van der Waals surface area contributed by atoms with Gasteiger partial charge < -0.3 is 14.5 Å². The van der Waals surface area contributed by atoms with Crippen molar-refractivity contribution in [2.75, 3.05) is 25.0 Å². The molecule has 160 valence electrons. The van der Waals surface area contributed by atoms with Gasteiger partial charge in [-0.05, 0) is 24.6 Å². The van der Waals surface area contributed by atoms with Crippen molar-refractivity contribution in [2.24, 2.45) is 5.92 Å². The summed E-state index contributed by atoms with van der Waals surface area (Å²) in [5.74, 6) is -0.574. The van der Waals surface area contributed by atoms with Crippen molar-refractivity contribution in [1.82, 2.24) is 9.88 Å². The SMILES string of the molecule is N#C[C@H]1CCN([C@H]2COc3ccccc3[C@@H]2Nc2cccc3nc(C(F)(F)F)oc23)C1. The quantitative estimate of drug-likeness (QED) is 0.657. The topological polar surface area (TPSA) is 74.3 Å². The molecule has 0 radical (unpaired) electrons. The van der Waals surface area contributed by atoms with Crippen LogP contribution in [0.5, 0.6) is 5.75 Å². The van der Waals surface area contributed by atoms with Gasteiger partial charge in [0.25, 0.3) is 0 Å². The fraction of sp³-hybridized carbons (Fsp3) is 0.364. The summed E-state index contributed by atoms with van der Waals surface area (Å²) in [4.78, 5) is 5.81. The third-order valence-corrected chi connectivity index (χ3v) is 5.89. The summed E-state index contributed by atoms with van der Waals surface area (Å²) in [6.45, 7) is 1.81. The van der Waals surface area contributed by atoms with Crippen molar-refractivity contribution >= 4 is 16.8 Å². The highest BCUT2D eigenvalue weighted by Crippen LogP contribution is 2.40. The van der Waals surface area contributed by atoms with Gasteiger partial charge in [0.1, 0.15) is 17.9 Å². The third-order valence-electron chi connectivity index (χ3n) is 5.89. The van der Waals surface area contributed by atoms with Gasteiger partial charge in [0.2, 0.25) is 0 Å². The molecule has 5 rings (SSSR count). The van der Waals surface area contributed by atoms with E-state index in [-0.39, 0.29) is 29.1 Å². The maximum Gasteiger partial charge on any atom is 0.468 e. The van der Waals surface area contributed by atoms with E-state index in [4.69, 9.17) is 9.15 Å². The van der Waals surface area contributed by atoms with Crippen LogP contribution in [0.3, 0.4) is 0 Å². The second-order valence-electron chi connectivity index (χ2n) is 7.82. The third kappa shape index (κ3) is 3.57. The lowest BCUT2D eigenvalue weighted by Gasteiger charge is -2.39. The maximum absolute atomic E-state index is 13.1. The highest BCUT2D eigenvalue weighted by Gasteiger charge is 2.40. The van der Waals surface area contributed by atoms with E-state index in [9.17, 15) is 18.4 Å². The monoisotopic (exact) mass is 428 g/mol. The molecule has 2 aliphatic heterocycles. The molecule has 2 aliphatic rings. The van der Waals surface area contributed by atoms with Crippen LogP contribution < -0.4 is 10.1 Å². The number of benzene rings is 2. The number of oxazole rings is 1. The zero-order chi connectivity index (χ0) is 21.6. The van der Waals surface area contributed by atoms with Crippen LogP contribution in [0, 0.1) is 17.2 Å². The molecule has 0 aliphatic carbocycles. The lowest BCUT2D eigenvalue weighted by molar-refractivity contribution is -0.156. The minimum Gasteiger partial charge on any atom is -0.491 e. The van der Waals surface area contributed by atoms with Crippen molar-refractivity contribution in [2.45, 2.75) is 24.7 Å². The number of nitrogens with one attached hydrogen (secondary N) is 1. The fourth-order valence-electron chi connectivity index (χ4n) is 4.38. The normalized spacial score (nSPS) is 23.9. The van der Waals surface area contributed by atoms with E-state index >= 15 is 0 Å². The Bertz CT molecular complexity index is 1150. The highest BCUT2D eigenvalue weighted by atomic mass is 19.4. The number of hydrogen-bond donors (Lipinski definition) is 1. The van der Waals surface area contributed by atoms with Gasteiger partial charge in [0.15, 0.2) is 5.58 Å². The van der Waals surface area contributed by atoms with Crippen LogP contribution in [-0.2, 0) is 6.18 Å². The van der Waals surface area contributed by atoms with Gasteiger partial charge in [0.05, 0.1) is 29.8 Å². The van der Waals surface area contributed by atoms with Gasteiger partial charge in [-0.25, -0.2) is 4.98 Å². The molecule has 0 unspecified atom stereocenters. The molecular formula is C22H19F3N4O2. The first-order valence-electron chi connectivity index (χ1n) is 10.0. The smallest absolute Gasteiger partial charge is 0.468 e. The number of likely N-dealkylation sites (tertiary alicyclic amines) is 1. The van der Waals surface area contributed by atoms with Crippen LogP contribution in [0.2, 0.25) is 0 Å². The van der Waals surface area contributed by atoms with E-state index in [1.165, 1.54) is 6.07 Å². The van der Waals surface area contributed by atoms with Gasteiger partial charge in [-0.3, -0.25) is 4.90 Å². The van der Waals surface area contributed by atoms with E-state index in [1.807, 2.05) is 24.3 Å².